The summed E-state index contributed by atoms with van der Waals surface area (Å²) in [6.45, 7) is 11.2. The van der Waals surface area contributed by atoms with Crippen LogP contribution in [0, 0.1) is 0 Å². The Hall–Kier alpha value is -1.32. The lowest BCUT2D eigenvalue weighted by Crippen LogP contribution is -2.57. The molecule has 0 bridgehead atoms. The van der Waals surface area contributed by atoms with Gasteiger partial charge in [0, 0.05) is 48.8 Å². The lowest BCUT2D eigenvalue weighted by atomic mass is 9.98. The highest BCUT2D eigenvalue weighted by Crippen LogP contribution is 2.26. The molecule has 1 fully saturated rings. The van der Waals surface area contributed by atoms with E-state index in [1.165, 1.54) is 22.0 Å². The number of nitrogens with one attached hydrogen (secondary N) is 2. The molecule has 0 spiro atoms. The Morgan fingerprint density at radius 1 is 1.25 bits per heavy atom. The van der Waals surface area contributed by atoms with E-state index >= 15 is 0 Å². The van der Waals surface area contributed by atoms with E-state index in [1.54, 1.807) is 0 Å². The van der Waals surface area contributed by atoms with Gasteiger partial charge >= 0.3 is 0 Å². The standard InChI is InChI=1S/C17H25N3/c1-4-13-6-5-7-15-14(10-19-16(13)15)11-20-9-8-18-12-17(20,2)3/h5-7,10,18-19H,4,8-9,11-12H2,1-3H3. The average molecular weight is 271 g/mol. The van der Waals surface area contributed by atoms with Crippen LogP contribution in [-0.4, -0.2) is 35.1 Å². The Morgan fingerprint density at radius 3 is 2.85 bits per heavy atom. The van der Waals surface area contributed by atoms with Crippen molar-refractivity contribution in [3.05, 3.63) is 35.5 Å². The molecule has 0 atom stereocenters. The van der Waals surface area contributed by atoms with E-state index in [0.717, 1.165) is 32.6 Å². The molecule has 108 valence electrons. The molecule has 1 aliphatic heterocycles. The van der Waals surface area contributed by atoms with E-state index in [2.05, 4.69) is 60.4 Å². The summed E-state index contributed by atoms with van der Waals surface area (Å²) in [4.78, 5) is 6.07. The first kappa shape index (κ1) is 13.7. The Morgan fingerprint density at radius 2 is 2.10 bits per heavy atom. The zero-order valence-corrected chi connectivity index (χ0v) is 12.8. The second-order valence-corrected chi connectivity index (χ2v) is 6.42. The van der Waals surface area contributed by atoms with Gasteiger partial charge in [0.15, 0.2) is 0 Å². The molecule has 0 radical (unpaired) electrons. The predicted molar refractivity (Wildman–Crippen MR) is 85.0 cm³/mol. The maximum absolute atomic E-state index is 3.49. The van der Waals surface area contributed by atoms with Crippen molar-refractivity contribution < 1.29 is 0 Å². The molecule has 1 saturated heterocycles. The number of aromatic amines is 1. The molecule has 2 heterocycles. The molecule has 0 amide bonds. The summed E-state index contributed by atoms with van der Waals surface area (Å²) in [7, 11) is 0. The number of piperazine rings is 1. The molecule has 3 heteroatoms. The Labute approximate surface area is 121 Å². The smallest absolute Gasteiger partial charge is 0.0489 e. The van der Waals surface area contributed by atoms with E-state index in [0.29, 0.717) is 0 Å². The molecule has 3 rings (SSSR count). The fourth-order valence-electron chi connectivity index (χ4n) is 3.22. The highest BCUT2D eigenvalue weighted by Gasteiger charge is 2.29. The van der Waals surface area contributed by atoms with E-state index in [4.69, 9.17) is 0 Å². The van der Waals surface area contributed by atoms with Crippen molar-refractivity contribution in [3.8, 4) is 0 Å². The van der Waals surface area contributed by atoms with Gasteiger partial charge in [-0.2, -0.15) is 0 Å². The van der Waals surface area contributed by atoms with Crippen LogP contribution in [-0.2, 0) is 13.0 Å². The fraction of sp³-hybridized carbons (Fsp3) is 0.529. The summed E-state index contributed by atoms with van der Waals surface area (Å²) >= 11 is 0. The first-order chi connectivity index (χ1) is 9.62. The first-order valence-electron chi connectivity index (χ1n) is 7.65. The van der Waals surface area contributed by atoms with Gasteiger partial charge in [-0.15, -0.1) is 0 Å². The van der Waals surface area contributed by atoms with E-state index in [9.17, 15) is 0 Å². The van der Waals surface area contributed by atoms with E-state index in [-0.39, 0.29) is 5.54 Å². The highest BCUT2D eigenvalue weighted by atomic mass is 15.2. The summed E-state index contributed by atoms with van der Waals surface area (Å²) < 4.78 is 0. The van der Waals surface area contributed by atoms with Crippen LogP contribution in [0.25, 0.3) is 10.9 Å². The highest BCUT2D eigenvalue weighted by molar-refractivity contribution is 5.86. The second kappa shape index (κ2) is 5.23. The van der Waals surface area contributed by atoms with Crippen LogP contribution in [0.5, 0.6) is 0 Å². The average Bonchev–Trinajstić information content (AvgIpc) is 2.84. The molecule has 3 nitrogen and oxygen atoms in total. The Kier molecular flexibility index (Phi) is 3.57. The van der Waals surface area contributed by atoms with Crippen molar-refractivity contribution >= 4 is 10.9 Å². The van der Waals surface area contributed by atoms with Crippen molar-refractivity contribution in [2.24, 2.45) is 0 Å². The monoisotopic (exact) mass is 271 g/mol. The molecular weight excluding hydrogens is 246 g/mol. The summed E-state index contributed by atoms with van der Waals surface area (Å²) in [5, 5.41) is 4.88. The third-order valence-corrected chi connectivity index (χ3v) is 4.60. The topological polar surface area (TPSA) is 31.1 Å². The number of fused-ring (bicyclic) bond motifs is 1. The number of aryl methyl sites for hydroxylation is 1. The normalized spacial score (nSPS) is 19.6. The number of aromatic nitrogens is 1. The maximum Gasteiger partial charge on any atom is 0.0489 e. The number of hydrogen-bond donors (Lipinski definition) is 2. The van der Waals surface area contributed by atoms with Crippen LogP contribution < -0.4 is 5.32 Å². The van der Waals surface area contributed by atoms with Crippen molar-refractivity contribution in [2.75, 3.05) is 19.6 Å². The zero-order valence-electron chi connectivity index (χ0n) is 12.8. The van der Waals surface area contributed by atoms with Gasteiger partial charge in [-0.3, -0.25) is 4.90 Å². The lowest BCUT2D eigenvalue weighted by molar-refractivity contribution is 0.0832. The SMILES string of the molecule is CCc1cccc2c(CN3CCNCC3(C)C)c[nH]c12. The number of H-pyrrole nitrogens is 1. The van der Waals surface area contributed by atoms with Gasteiger partial charge in [0.1, 0.15) is 0 Å². The molecule has 1 aromatic carbocycles. The molecule has 2 N–H and O–H groups in total. The Bertz CT molecular complexity index is 597. The number of hydrogen-bond acceptors (Lipinski definition) is 2. The molecule has 0 saturated carbocycles. The van der Waals surface area contributed by atoms with E-state index < -0.39 is 0 Å². The van der Waals surface area contributed by atoms with Crippen LogP contribution in [0.2, 0.25) is 0 Å². The summed E-state index contributed by atoms with van der Waals surface area (Å²) in [6.07, 6.45) is 3.28. The van der Waals surface area contributed by atoms with Gasteiger partial charge < -0.3 is 10.3 Å². The summed E-state index contributed by atoms with van der Waals surface area (Å²) in [5.74, 6) is 0. The number of nitrogens with zero attached hydrogens (tertiary/aromatic N) is 1. The third kappa shape index (κ3) is 2.36. The first-order valence-corrected chi connectivity index (χ1v) is 7.65. The van der Waals surface area contributed by atoms with Crippen LogP contribution in [0.1, 0.15) is 31.9 Å². The van der Waals surface area contributed by atoms with Gasteiger partial charge in [0.05, 0.1) is 0 Å². The number of benzene rings is 1. The number of rotatable bonds is 3. The molecule has 1 aromatic heterocycles. The summed E-state index contributed by atoms with van der Waals surface area (Å²) in [6, 6.07) is 6.65. The van der Waals surface area contributed by atoms with Gasteiger partial charge in [0.2, 0.25) is 0 Å². The van der Waals surface area contributed by atoms with Crippen LogP contribution in [0.15, 0.2) is 24.4 Å². The summed E-state index contributed by atoms with van der Waals surface area (Å²) in [5.41, 5.74) is 4.38. The second-order valence-electron chi connectivity index (χ2n) is 6.42. The predicted octanol–water partition coefficient (Wildman–Crippen LogP) is 2.91. The minimum atomic E-state index is 0.226. The van der Waals surface area contributed by atoms with Crippen molar-refractivity contribution in [2.45, 2.75) is 39.3 Å². The molecule has 20 heavy (non-hydrogen) atoms. The maximum atomic E-state index is 3.49. The fourth-order valence-corrected chi connectivity index (χ4v) is 3.22. The third-order valence-electron chi connectivity index (χ3n) is 4.60. The molecule has 1 aliphatic rings. The van der Waals surface area contributed by atoms with Crippen LogP contribution in [0.4, 0.5) is 0 Å². The van der Waals surface area contributed by atoms with Gasteiger partial charge in [0.25, 0.3) is 0 Å². The quantitative estimate of drug-likeness (QED) is 0.899. The van der Waals surface area contributed by atoms with Crippen molar-refractivity contribution in [1.29, 1.82) is 0 Å². The van der Waals surface area contributed by atoms with Gasteiger partial charge in [-0.05, 0) is 31.4 Å². The molecule has 0 aliphatic carbocycles. The zero-order chi connectivity index (χ0) is 14.2. The minimum absolute atomic E-state index is 0.226. The van der Waals surface area contributed by atoms with Crippen LogP contribution >= 0.6 is 0 Å². The van der Waals surface area contributed by atoms with Crippen molar-refractivity contribution in [1.82, 2.24) is 15.2 Å². The Balaban J connectivity index is 1.91. The molecule has 2 aromatic rings. The lowest BCUT2D eigenvalue weighted by Gasteiger charge is -2.42. The van der Waals surface area contributed by atoms with E-state index in [1.807, 2.05) is 0 Å². The van der Waals surface area contributed by atoms with Gasteiger partial charge in [-0.25, -0.2) is 0 Å². The van der Waals surface area contributed by atoms with Gasteiger partial charge in [-0.1, -0.05) is 25.1 Å². The van der Waals surface area contributed by atoms with Crippen molar-refractivity contribution in [3.63, 3.8) is 0 Å². The van der Waals surface area contributed by atoms with Crippen LogP contribution in [0.3, 0.4) is 0 Å². The molecular formula is C17H25N3. The molecule has 0 unspecified atom stereocenters. The minimum Gasteiger partial charge on any atom is -0.361 e. The number of para-hydroxylation sites is 1. The largest absolute Gasteiger partial charge is 0.361 e.